The average molecular weight is 311 g/mol. The summed E-state index contributed by atoms with van der Waals surface area (Å²) in [5, 5.41) is 18.1. The van der Waals surface area contributed by atoms with E-state index in [4.69, 9.17) is 11.6 Å². The zero-order chi connectivity index (χ0) is 15.1. The minimum Gasteiger partial charge on any atom is -0.504 e. The third kappa shape index (κ3) is 2.03. The van der Waals surface area contributed by atoms with E-state index in [-0.39, 0.29) is 5.75 Å². The zero-order valence-corrected chi connectivity index (χ0v) is 12.1. The first-order valence-electron chi connectivity index (χ1n) is 6.71. The summed E-state index contributed by atoms with van der Waals surface area (Å²) in [6, 6.07) is 14.9. The van der Waals surface area contributed by atoms with Crippen LogP contribution in [0.4, 0.5) is 0 Å². The Morgan fingerprint density at radius 1 is 1.05 bits per heavy atom. The van der Waals surface area contributed by atoms with E-state index in [1.165, 1.54) is 0 Å². The molecule has 0 atom stereocenters. The van der Waals surface area contributed by atoms with Gasteiger partial charge in [-0.15, -0.1) is 0 Å². The second-order valence-electron chi connectivity index (χ2n) is 4.91. The maximum Gasteiger partial charge on any atom is 0.172 e. The number of aromatic nitrogens is 4. The molecule has 5 nitrogen and oxygen atoms in total. The molecule has 0 spiro atoms. The normalized spacial score (nSPS) is 11.1. The number of H-pyrrole nitrogens is 2. The monoisotopic (exact) mass is 310 g/mol. The Labute approximate surface area is 130 Å². The minimum absolute atomic E-state index is 0.0661. The molecule has 0 aliphatic heterocycles. The third-order valence-corrected chi connectivity index (χ3v) is 3.70. The summed E-state index contributed by atoms with van der Waals surface area (Å²) in [6.07, 6.45) is 0. The first kappa shape index (κ1) is 12.9. The molecule has 4 rings (SSSR count). The molecule has 0 fully saturated rings. The van der Waals surface area contributed by atoms with Crippen LogP contribution in [0.5, 0.6) is 5.75 Å². The van der Waals surface area contributed by atoms with E-state index < -0.39 is 0 Å². The number of aromatic hydroxyl groups is 1. The summed E-state index contributed by atoms with van der Waals surface area (Å²) in [7, 11) is 0. The van der Waals surface area contributed by atoms with Crippen molar-refractivity contribution in [2.75, 3.05) is 0 Å². The predicted octanol–water partition coefficient (Wildman–Crippen LogP) is 3.98. The molecule has 2 aromatic carbocycles. The molecule has 4 aromatic rings. The van der Waals surface area contributed by atoms with Crippen LogP contribution >= 0.6 is 11.6 Å². The van der Waals surface area contributed by atoms with Gasteiger partial charge < -0.3 is 10.1 Å². The summed E-state index contributed by atoms with van der Waals surface area (Å²) >= 11 is 5.97. The number of benzene rings is 2. The fourth-order valence-corrected chi connectivity index (χ4v) is 2.57. The summed E-state index contributed by atoms with van der Waals surface area (Å²) < 4.78 is 0. The van der Waals surface area contributed by atoms with E-state index in [0.717, 1.165) is 16.6 Å². The average Bonchev–Trinajstić information content (AvgIpc) is 3.10. The van der Waals surface area contributed by atoms with Crippen LogP contribution in [0.25, 0.3) is 33.8 Å². The first-order valence-corrected chi connectivity index (χ1v) is 7.08. The molecule has 0 amide bonds. The molecule has 108 valence electrons. The standard InChI is InChI=1S/C16H11ClN4O/c17-10-6-7-11-12(8-10)19-16(18-11)14-15(22)13(20-21-14)9-4-2-1-3-5-9/h1-8,22H,(H,18,19)(H,20,21). The van der Waals surface area contributed by atoms with Crippen molar-refractivity contribution in [3.05, 3.63) is 53.6 Å². The van der Waals surface area contributed by atoms with Gasteiger partial charge in [-0.25, -0.2) is 4.98 Å². The Bertz CT molecular complexity index is 959. The van der Waals surface area contributed by atoms with Crippen molar-refractivity contribution < 1.29 is 5.11 Å². The highest BCUT2D eigenvalue weighted by molar-refractivity contribution is 6.31. The maximum atomic E-state index is 10.4. The molecule has 0 bridgehead atoms. The number of hydrogen-bond donors (Lipinski definition) is 3. The molecule has 0 aliphatic rings. The number of imidazole rings is 1. The first-order chi connectivity index (χ1) is 10.7. The zero-order valence-electron chi connectivity index (χ0n) is 11.3. The van der Waals surface area contributed by atoms with Gasteiger partial charge >= 0.3 is 0 Å². The number of aromatic amines is 2. The van der Waals surface area contributed by atoms with Gasteiger partial charge in [0, 0.05) is 10.6 Å². The van der Waals surface area contributed by atoms with Crippen molar-refractivity contribution in [3.63, 3.8) is 0 Å². The van der Waals surface area contributed by atoms with Gasteiger partial charge in [-0.3, -0.25) is 5.10 Å². The van der Waals surface area contributed by atoms with Gasteiger partial charge in [0.2, 0.25) is 0 Å². The summed E-state index contributed by atoms with van der Waals surface area (Å²) in [4.78, 5) is 7.58. The van der Waals surface area contributed by atoms with E-state index in [0.29, 0.717) is 22.2 Å². The van der Waals surface area contributed by atoms with E-state index >= 15 is 0 Å². The summed E-state index contributed by atoms with van der Waals surface area (Å²) in [6.45, 7) is 0. The lowest BCUT2D eigenvalue weighted by Crippen LogP contribution is -1.80. The van der Waals surface area contributed by atoms with Crippen LogP contribution < -0.4 is 0 Å². The van der Waals surface area contributed by atoms with Gasteiger partial charge in [0.15, 0.2) is 11.6 Å². The molecule has 3 N–H and O–H groups in total. The number of hydrogen-bond acceptors (Lipinski definition) is 3. The van der Waals surface area contributed by atoms with Gasteiger partial charge in [-0.05, 0) is 18.2 Å². The number of halogens is 1. The third-order valence-electron chi connectivity index (χ3n) is 3.47. The molecule has 22 heavy (non-hydrogen) atoms. The van der Waals surface area contributed by atoms with Crippen LogP contribution in [-0.4, -0.2) is 25.3 Å². The lowest BCUT2D eigenvalue weighted by atomic mass is 10.1. The lowest BCUT2D eigenvalue weighted by molar-refractivity contribution is 0.479. The fraction of sp³-hybridized carbons (Fsp3) is 0. The Hall–Kier alpha value is -2.79. The van der Waals surface area contributed by atoms with Crippen molar-refractivity contribution in [2.24, 2.45) is 0 Å². The lowest BCUT2D eigenvalue weighted by Gasteiger charge is -1.97. The van der Waals surface area contributed by atoms with Crippen molar-refractivity contribution in [3.8, 4) is 28.5 Å². The summed E-state index contributed by atoms with van der Waals surface area (Å²) in [5.74, 6) is 0.584. The van der Waals surface area contributed by atoms with Crippen LogP contribution in [0, 0.1) is 0 Å². The predicted molar refractivity (Wildman–Crippen MR) is 85.8 cm³/mol. The molecule has 2 heterocycles. The highest BCUT2D eigenvalue weighted by atomic mass is 35.5. The molecule has 0 aliphatic carbocycles. The summed E-state index contributed by atoms with van der Waals surface area (Å²) in [5.41, 5.74) is 3.36. The van der Waals surface area contributed by atoms with Gasteiger partial charge in [-0.2, -0.15) is 5.10 Å². The van der Waals surface area contributed by atoms with Crippen molar-refractivity contribution in [1.29, 1.82) is 0 Å². The highest BCUT2D eigenvalue weighted by Gasteiger charge is 2.17. The Morgan fingerprint density at radius 3 is 2.68 bits per heavy atom. The molecule has 0 unspecified atom stereocenters. The molecule has 2 aromatic heterocycles. The molecule has 0 radical (unpaired) electrons. The quantitative estimate of drug-likeness (QED) is 0.524. The molecular weight excluding hydrogens is 300 g/mol. The fourth-order valence-electron chi connectivity index (χ4n) is 2.40. The van der Waals surface area contributed by atoms with Gasteiger partial charge in [0.05, 0.1) is 11.0 Å². The van der Waals surface area contributed by atoms with E-state index in [1.54, 1.807) is 12.1 Å². The van der Waals surface area contributed by atoms with E-state index in [2.05, 4.69) is 20.2 Å². The maximum absolute atomic E-state index is 10.4. The Morgan fingerprint density at radius 2 is 1.86 bits per heavy atom. The molecule has 0 saturated carbocycles. The number of nitrogens with one attached hydrogen (secondary N) is 2. The minimum atomic E-state index is 0.0661. The SMILES string of the molecule is Oc1c(-c2ccccc2)n[nH]c1-c1nc2ccc(Cl)cc2[nH]1. The van der Waals surface area contributed by atoms with Gasteiger partial charge in [0.25, 0.3) is 0 Å². The van der Waals surface area contributed by atoms with Crippen LogP contribution in [0.1, 0.15) is 0 Å². The number of nitrogens with zero attached hydrogens (tertiary/aromatic N) is 2. The molecule has 0 saturated heterocycles. The highest BCUT2D eigenvalue weighted by Crippen LogP contribution is 2.35. The van der Waals surface area contributed by atoms with Gasteiger partial charge in [0.1, 0.15) is 11.4 Å². The van der Waals surface area contributed by atoms with Crippen molar-refractivity contribution in [1.82, 2.24) is 20.2 Å². The Balaban J connectivity index is 1.84. The van der Waals surface area contributed by atoms with Crippen LogP contribution in [-0.2, 0) is 0 Å². The second-order valence-corrected chi connectivity index (χ2v) is 5.35. The van der Waals surface area contributed by atoms with Crippen LogP contribution in [0.3, 0.4) is 0 Å². The topological polar surface area (TPSA) is 77.6 Å². The molecule has 6 heteroatoms. The van der Waals surface area contributed by atoms with Gasteiger partial charge in [-0.1, -0.05) is 41.9 Å². The van der Waals surface area contributed by atoms with Crippen LogP contribution in [0.15, 0.2) is 48.5 Å². The Kier molecular flexibility index (Phi) is 2.87. The number of fused-ring (bicyclic) bond motifs is 1. The van der Waals surface area contributed by atoms with E-state index in [1.807, 2.05) is 36.4 Å². The largest absolute Gasteiger partial charge is 0.504 e. The smallest absolute Gasteiger partial charge is 0.172 e. The van der Waals surface area contributed by atoms with Crippen molar-refractivity contribution >= 4 is 22.6 Å². The molecular formula is C16H11ClN4O. The second kappa shape index (κ2) is 4.89. The number of rotatable bonds is 2. The van der Waals surface area contributed by atoms with Crippen LogP contribution in [0.2, 0.25) is 5.02 Å². The van der Waals surface area contributed by atoms with E-state index in [9.17, 15) is 5.11 Å². The van der Waals surface area contributed by atoms with Crippen molar-refractivity contribution in [2.45, 2.75) is 0 Å².